The molecule has 0 bridgehead atoms. The van der Waals surface area contributed by atoms with Crippen LogP contribution in [-0.4, -0.2) is 43.1 Å². The molecular weight excluding hydrogens is 187 g/mol. The predicted molar refractivity (Wildman–Crippen MR) is 53.7 cm³/mol. The van der Waals surface area contributed by atoms with E-state index in [1.807, 2.05) is 23.4 Å². The van der Waals surface area contributed by atoms with E-state index < -0.39 is 7.67 Å². The molecule has 1 fully saturated rings. The largest absolute Gasteiger partial charge is 0.345 e. The Kier molecular flexibility index (Phi) is 3.92. The van der Waals surface area contributed by atoms with E-state index in [9.17, 15) is 4.57 Å². The molecule has 4 nitrogen and oxygen atoms in total. The van der Waals surface area contributed by atoms with Gasteiger partial charge in [-0.15, -0.1) is 0 Å². The van der Waals surface area contributed by atoms with E-state index in [1.54, 1.807) is 0 Å². The van der Waals surface area contributed by atoms with Gasteiger partial charge in [0.1, 0.15) is 0 Å². The van der Waals surface area contributed by atoms with Crippen LogP contribution in [0.4, 0.5) is 0 Å². The van der Waals surface area contributed by atoms with Gasteiger partial charge in [-0.25, -0.2) is 9.34 Å². The van der Waals surface area contributed by atoms with Gasteiger partial charge in [0.15, 0.2) is 0 Å². The summed E-state index contributed by atoms with van der Waals surface area (Å²) in [5.41, 5.74) is 0. The Morgan fingerprint density at radius 3 is 2.31 bits per heavy atom. The second-order valence-corrected chi connectivity index (χ2v) is 6.04. The average molecular weight is 206 g/mol. The first-order valence-corrected chi connectivity index (χ1v) is 6.32. The van der Waals surface area contributed by atoms with Crippen molar-refractivity contribution in [3.05, 3.63) is 0 Å². The van der Waals surface area contributed by atoms with Crippen LogP contribution in [0, 0.1) is 0 Å². The van der Waals surface area contributed by atoms with Crippen LogP contribution in [0.1, 0.15) is 19.8 Å². The third-order valence-electron chi connectivity index (χ3n) is 2.37. The number of likely N-dealkylation sites (N-methyl/N-ethyl adjacent to an activating group) is 2. The minimum absolute atomic E-state index is 0.600. The molecule has 1 saturated heterocycles. The summed E-state index contributed by atoms with van der Waals surface area (Å²) in [5, 5.41) is 0. The van der Waals surface area contributed by atoms with Crippen LogP contribution in [-0.2, 0) is 9.09 Å². The molecule has 0 aromatic heterocycles. The molecule has 0 spiro atoms. The summed E-state index contributed by atoms with van der Waals surface area (Å²) >= 11 is 0. The molecule has 0 aromatic rings. The molecule has 13 heavy (non-hydrogen) atoms. The number of rotatable bonds is 4. The fourth-order valence-corrected chi connectivity index (χ4v) is 3.29. The second kappa shape index (κ2) is 4.56. The van der Waals surface area contributed by atoms with Crippen molar-refractivity contribution in [3.63, 3.8) is 0 Å². The van der Waals surface area contributed by atoms with Crippen molar-refractivity contribution in [1.82, 2.24) is 9.34 Å². The Labute approximate surface area is 80.4 Å². The first-order chi connectivity index (χ1) is 6.11. The number of nitrogens with zero attached hydrogens (tertiary/aromatic N) is 2. The Balaban J connectivity index is 2.48. The molecule has 1 aliphatic heterocycles. The molecule has 1 heterocycles. The molecule has 0 unspecified atom stereocenters. The van der Waals surface area contributed by atoms with E-state index >= 15 is 0 Å². The molecule has 0 radical (unpaired) electrons. The summed E-state index contributed by atoms with van der Waals surface area (Å²) in [6.07, 6.45) is 2.05. The molecule has 0 aromatic carbocycles. The maximum absolute atomic E-state index is 12.2. The number of hydrogen-bond donors (Lipinski definition) is 0. The van der Waals surface area contributed by atoms with Crippen molar-refractivity contribution in [2.45, 2.75) is 19.8 Å². The lowest BCUT2D eigenvalue weighted by molar-refractivity contribution is 0.256. The first kappa shape index (κ1) is 11.2. The molecule has 0 saturated carbocycles. The van der Waals surface area contributed by atoms with Gasteiger partial charge in [-0.1, -0.05) is 13.3 Å². The summed E-state index contributed by atoms with van der Waals surface area (Å²) in [7, 11) is 1.10. The molecule has 5 heteroatoms. The van der Waals surface area contributed by atoms with Gasteiger partial charge in [-0.3, -0.25) is 4.57 Å². The van der Waals surface area contributed by atoms with E-state index in [0.29, 0.717) is 6.61 Å². The zero-order valence-electron chi connectivity index (χ0n) is 8.69. The summed E-state index contributed by atoms with van der Waals surface area (Å²) < 4.78 is 21.3. The predicted octanol–water partition coefficient (Wildman–Crippen LogP) is 1.79. The lowest BCUT2D eigenvalue weighted by Gasteiger charge is -2.24. The maximum Gasteiger partial charge on any atom is 0.345 e. The Morgan fingerprint density at radius 1 is 1.31 bits per heavy atom. The zero-order chi connectivity index (χ0) is 9.90. The summed E-state index contributed by atoms with van der Waals surface area (Å²) in [6.45, 7) is 4.36. The van der Waals surface area contributed by atoms with Crippen molar-refractivity contribution < 1.29 is 9.09 Å². The fraction of sp³-hybridized carbons (Fsp3) is 1.00. The van der Waals surface area contributed by atoms with E-state index in [1.165, 1.54) is 0 Å². The second-order valence-electron chi connectivity index (χ2n) is 3.44. The lowest BCUT2D eigenvalue weighted by atomic mass is 10.4. The normalized spacial score (nSPS) is 23.9. The minimum Gasteiger partial charge on any atom is -0.306 e. The van der Waals surface area contributed by atoms with E-state index in [0.717, 1.165) is 25.9 Å². The summed E-state index contributed by atoms with van der Waals surface area (Å²) in [5.74, 6) is 0. The lowest BCUT2D eigenvalue weighted by Crippen LogP contribution is -2.15. The highest BCUT2D eigenvalue weighted by Gasteiger charge is 2.39. The van der Waals surface area contributed by atoms with Crippen molar-refractivity contribution in [2.24, 2.45) is 0 Å². The van der Waals surface area contributed by atoms with Gasteiger partial charge in [-0.05, 0) is 20.5 Å². The van der Waals surface area contributed by atoms with Gasteiger partial charge in [0, 0.05) is 13.1 Å². The van der Waals surface area contributed by atoms with Gasteiger partial charge >= 0.3 is 7.67 Å². The van der Waals surface area contributed by atoms with Gasteiger partial charge in [0.05, 0.1) is 6.61 Å². The fourth-order valence-electron chi connectivity index (χ4n) is 1.33. The number of hydrogen-bond acceptors (Lipinski definition) is 2. The third-order valence-corrected chi connectivity index (χ3v) is 5.01. The van der Waals surface area contributed by atoms with E-state index in [4.69, 9.17) is 4.52 Å². The molecule has 0 atom stereocenters. The van der Waals surface area contributed by atoms with E-state index in [2.05, 4.69) is 6.92 Å². The highest BCUT2D eigenvalue weighted by Crippen LogP contribution is 2.55. The van der Waals surface area contributed by atoms with Crippen LogP contribution in [0.2, 0.25) is 0 Å². The Bertz CT molecular complexity index is 196. The topological polar surface area (TPSA) is 32.8 Å². The zero-order valence-corrected chi connectivity index (χ0v) is 9.59. The van der Waals surface area contributed by atoms with Crippen LogP contribution in [0.3, 0.4) is 0 Å². The monoisotopic (exact) mass is 206 g/mol. The minimum atomic E-state index is -2.62. The molecule has 0 amide bonds. The van der Waals surface area contributed by atoms with Crippen molar-refractivity contribution in [1.29, 1.82) is 0 Å². The quantitative estimate of drug-likeness (QED) is 0.518. The van der Waals surface area contributed by atoms with Crippen LogP contribution in [0.15, 0.2) is 0 Å². The van der Waals surface area contributed by atoms with Crippen LogP contribution in [0.25, 0.3) is 0 Å². The highest BCUT2D eigenvalue weighted by atomic mass is 31.2. The highest BCUT2D eigenvalue weighted by molar-refractivity contribution is 7.54. The summed E-state index contributed by atoms with van der Waals surface area (Å²) in [4.78, 5) is 0. The van der Waals surface area contributed by atoms with Crippen LogP contribution < -0.4 is 0 Å². The van der Waals surface area contributed by atoms with E-state index in [-0.39, 0.29) is 0 Å². The Morgan fingerprint density at radius 2 is 1.85 bits per heavy atom. The Hall–Kier alpha value is 0.110. The van der Waals surface area contributed by atoms with Gasteiger partial charge in [-0.2, -0.15) is 0 Å². The number of unbranched alkanes of at least 4 members (excludes halogenated alkanes) is 1. The SMILES string of the molecule is CCCCOP1(=O)N(C)CCN1C. The standard InChI is InChI=1S/C8H19N2O2P/c1-4-5-8-12-13(11)9(2)6-7-10(13)3/h4-8H2,1-3H3. The maximum atomic E-state index is 12.2. The van der Waals surface area contributed by atoms with Crippen LogP contribution in [0.5, 0.6) is 0 Å². The molecule has 1 rings (SSSR count). The van der Waals surface area contributed by atoms with Gasteiger partial charge in [0.2, 0.25) is 0 Å². The average Bonchev–Trinajstić information content (AvgIpc) is 2.35. The van der Waals surface area contributed by atoms with Crippen LogP contribution >= 0.6 is 7.67 Å². The van der Waals surface area contributed by atoms with Crippen molar-refractivity contribution in [3.8, 4) is 0 Å². The molecule has 78 valence electrons. The molecule has 1 aliphatic rings. The van der Waals surface area contributed by atoms with Gasteiger partial charge < -0.3 is 4.52 Å². The van der Waals surface area contributed by atoms with Crippen molar-refractivity contribution >= 4 is 7.67 Å². The third kappa shape index (κ3) is 2.32. The molecule has 0 N–H and O–H groups in total. The van der Waals surface area contributed by atoms with Crippen molar-refractivity contribution in [2.75, 3.05) is 33.8 Å². The summed E-state index contributed by atoms with van der Waals surface area (Å²) in [6, 6.07) is 0. The molecular formula is C8H19N2O2P. The van der Waals surface area contributed by atoms with Gasteiger partial charge in [0.25, 0.3) is 0 Å². The molecule has 0 aliphatic carbocycles. The smallest absolute Gasteiger partial charge is 0.306 e. The first-order valence-electron chi connectivity index (χ1n) is 4.79.